The maximum absolute atomic E-state index is 13.4. The molecule has 0 fully saturated rings. The van der Waals surface area contributed by atoms with Crippen molar-refractivity contribution < 1.29 is 24.6 Å². The van der Waals surface area contributed by atoms with Gasteiger partial charge >= 0.3 is 12.0 Å². The van der Waals surface area contributed by atoms with E-state index in [0.29, 0.717) is 22.0 Å². The predicted octanol–water partition coefficient (Wildman–Crippen LogP) is 6.35. The molecule has 0 aliphatic heterocycles. The highest BCUT2D eigenvalue weighted by atomic mass is 35.5. The molecule has 0 spiro atoms. The molecule has 0 bridgehead atoms. The first-order valence-corrected chi connectivity index (χ1v) is 13.1. The van der Waals surface area contributed by atoms with Crippen LogP contribution in [0.15, 0.2) is 78.9 Å². The molecule has 8 nitrogen and oxygen atoms in total. The third-order valence-electron chi connectivity index (χ3n) is 6.46. The highest BCUT2D eigenvalue weighted by Crippen LogP contribution is 2.29. The number of hydrogen-bond donors (Lipinski definition) is 4. The van der Waals surface area contributed by atoms with Crippen molar-refractivity contribution in [1.82, 2.24) is 5.32 Å². The first-order valence-electron chi connectivity index (χ1n) is 12.7. The van der Waals surface area contributed by atoms with E-state index in [4.69, 9.17) is 16.7 Å². The summed E-state index contributed by atoms with van der Waals surface area (Å²) < 4.78 is 0. The van der Waals surface area contributed by atoms with Crippen LogP contribution in [0.3, 0.4) is 0 Å². The average molecular weight is 564 g/mol. The monoisotopic (exact) mass is 563 g/mol. The molecule has 0 unspecified atom stereocenters. The van der Waals surface area contributed by atoms with Crippen LogP contribution in [-0.4, -0.2) is 40.8 Å². The van der Waals surface area contributed by atoms with Gasteiger partial charge in [-0.05, 0) is 84.8 Å². The summed E-state index contributed by atoms with van der Waals surface area (Å²) in [5.74, 6) is -1.92. The molecule has 3 amide bonds. The third-order valence-corrected chi connectivity index (χ3v) is 6.69. The lowest BCUT2D eigenvalue weighted by atomic mass is 9.93. The van der Waals surface area contributed by atoms with Crippen LogP contribution in [0.1, 0.15) is 54.6 Å². The van der Waals surface area contributed by atoms with Crippen molar-refractivity contribution in [3.63, 3.8) is 0 Å². The summed E-state index contributed by atoms with van der Waals surface area (Å²) in [7, 11) is 0. The number of nitrogens with one attached hydrogen (secondary N) is 2. The molecule has 0 saturated heterocycles. The normalized spacial score (nSPS) is 13.3. The third kappa shape index (κ3) is 8.18. The molecule has 4 N–H and O–H groups in total. The SMILES string of the molecule is C.O=C(NC[C@@H](O)C(=O)O)c1ccc(CN(C(=O)Nc2cccc(Cl)c2)c2ccc(C3=CCCCC3)cc2)cc1. The number of urea groups is 1. The van der Waals surface area contributed by atoms with E-state index in [0.717, 1.165) is 24.0 Å². The zero-order valence-electron chi connectivity index (χ0n) is 21.3. The van der Waals surface area contributed by atoms with Gasteiger partial charge in [-0.1, -0.05) is 55.4 Å². The number of aliphatic hydroxyl groups excluding tert-OH is 1. The second kappa shape index (κ2) is 14.3. The summed E-state index contributed by atoms with van der Waals surface area (Å²) in [5.41, 5.74) is 4.83. The molecular weight excluding hydrogens is 530 g/mol. The molecule has 0 heterocycles. The van der Waals surface area contributed by atoms with E-state index in [1.54, 1.807) is 53.4 Å². The molecule has 1 atom stereocenters. The van der Waals surface area contributed by atoms with Crippen molar-refractivity contribution in [3.05, 3.63) is 101 Å². The van der Waals surface area contributed by atoms with Crippen LogP contribution in [0.4, 0.5) is 16.2 Å². The molecule has 40 heavy (non-hydrogen) atoms. The number of nitrogens with zero attached hydrogens (tertiary/aromatic N) is 1. The minimum Gasteiger partial charge on any atom is -0.479 e. The van der Waals surface area contributed by atoms with E-state index < -0.39 is 24.5 Å². The number of hydrogen-bond acceptors (Lipinski definition) is 4. The van der Waals surface area contributed by atoms with E-state index in [9.17, 15) is 19.5 Å². The van der Waals surface area contributed by atoms with Gasteiger partial charge in [-0.25, -0.2) is 9.59 Å². The van der Waals surface area contributed by atoms with Gasteiger partial charge in [-0.2, -0.15) is 0 Å². The van der Waals surface area contributed by atoms with Crippen LogP contribution >= 0.6 is 11.6 Å². The summed E-state index contributed by atoms with van der Waals surface area (Å²) in [4.78, 5) is 38.1. The highest BCUT2D eigenvalue weighted by molar-refractivity contribution is 6.30. The molecule has 3 aromatic rings. The number of amides is 3. The number of aliphatic hydroxyl groups is 1. The molecule has 0 saturated carbocycles. The first kappa shape index (κ1) is 30.4. The van der Waals surface area contributed by atoms with E-state index in [-0.39, 0.29) is 20.0 Å². The van der Waals surface area contributed by atoms with Gasteiger partial charge in [-0.3, -0.25) is 9.69 Å². The Morgan fingerprint density at radius 2 is 1.70 bits per heavy atom. The Hall–Kier alpha value is -4.14. The zero-order valence-corrected chi connectivity index (χ0v) is 22.0. The molecule has 4 rings (SSSR count). The second-order valence-electron chi connectivity index (χ2n) is 9.31. The Labute approximate surface area is 239 Å². The lowest BCUT2D eigenvalue weighted by Gasteiger charge is -2.24. The number of carbonyl (C=O) groups is 3. The van der Waals surface area contributed by atoms with E-state index in [2.05, 4.69) is 16.7 Å². The van der Waals surface area contributed by atoms with Crippen LogP contribution in [-0.2, 0) is 11.3 Å². The summed E-state index contributed by atoms with van der Waals surface area (Å²) >= 11 is 6.10. The molecule has 0 aromatic heterocycles. The van der Waals surface area contributed by atoms with Crippen molar-refractivity contribution in [2.45, 2.75) is 45.8 Å². The minimum absolute atomic E-state index is 0. The number of carboxylic acids is 1. The standard InChI is InChI=1S/C30H30ClN3O5.CH4/c31-24-7-4-8-25(17-24)33-30(39)34(26-15-13-22(14-16-26)21-5-2-1-3-6-21)19-20-9-11-23(12-10-20)28(36)32-18-27(35)29(37)38;/h4-5,7-17,27,35H,1-3,6,18-19H2,(H,32,36)(H,33,39)(H,37,38);1H4/t27-;/m1./s1. The van der Waals surface area contributed by atoms with Crippen molar-refractivity contribution in [1.29, 1.82) is 0 Å². The Bertz CT molecular complexity index is 1360. The Morgan fingerprint density at radius 1 is 0.975 bits per heavy atom. The van der Waals surface area contributed by atoms with Crippen molar-refractivity contribution >= 4 is 46.5 Å². The number of benzene rings is 3. The largest absolute Gasteiger partial charge is 0.479 e. The maximum Gasteiger partial charge on any atom is 0.334 e. The molecular formula is C31H34ClN3O5. The Morgan fingerprint density at radius 3 is 2.33 bits per heavy atom. The molecule has 1 aliphatic rings. The van der Waals surface area contributed by atoms with Gasteiger partial charge in [0.1, 0.15) is 0 Å². The van der Waals surface area contributed by atoms with Crippen LogP contribution < -0.4 is 15.5 Å². The zero-order chi connectivity index (χ0) is 27.8. The van der Waals surface area contributed by atoms with Gasteiger partial charge in [0.2, 0.25) is 0 Å². The van der Waals surface area contributed by atoms with Crippen LogP contribution in [0.25, 0.3) is 5.57 Å². The molecule has 3 aromatic carbocycles. The van der Waals surface area contributed by atoms with Gasteiger partial charge in [0.05, 0.1) is 13.1 Å². The predicted molar refractivity (Wildman–Crippen MR) is 159 cm³/mol. The quantitative estimate of drug-likeness (QED) is 0.242. The van der Waals surface area contributed by atoms with Gasteiger partial charge in [0.25, 0.3) is 5.91 Å². The number of allylic oxidation sites excluding steroid dienone is 2. The van der Waals surface area contributed by atoms with E-state index >= 15 is 0 Å². The van der Waals surface area contributed by atoms with Gasteiger partial charge in [-0.15, -0.1) is 0 Å². The van der Waals surface area contributed by atoms with Gasteiger partial charge < -0.3 is 20.8 Å². The average Bonchev–Trinajstić information content (AvgIpc) is 2.95. The number of carbonyl (C=O) groups excluding carboxylic acids is 2. The number of halogens is 1. The summed E-state index contributed by atoms with van der Waals surface area (Å²) in [6, 6.07) is 21.1. The van der Waals surface area contributed by atoms with Crippen molar-refractivity contribution in [3.8, 4) is 0 Å². The van der Waals surface area contributed by atoms with Crippen LogP contribution in [0.2, 0.25) is 5.02 Å². The van der Waals surface area contributed by atoms with Crippen LogP contribution in [0, 0.1) is 0 Å². The molecule has 0 radical (unpaired) electrons. The smallest absolute Gasteiger partial charge is 0.334 e. The first-order chi connectivity index (χ1) is 18.8. The molecule has 1 aliphatic carbocycles. The Kier molecular flexibility index (Phi) is 10.9. The number of carboxylic acid groups (broad SMARTS) is 1. The van der Waals surface area contributed by atoms with Crippen molar-refractivity contribution in [2.24, 2.45) is 0 Å². The molecule has 9 heteroatoms. The lowest BCUT2D eigenvalue weighted by Crippen LogP contribution is -2.36. The van der Waals surface area contributed by atoms with Crippen molar-refractivity contribution in [2.75, 3.05) is 16.8 Å². The van der Waals surface area contributed by atoms with E-state index in [1.807, 2.05) is 24.3 Å². The minimum atomic E-state index is -1.68. The fourth-order valence-electron chi connectivity index (χ4n) is 4.32. The fraction of sp³-hybridized carbons (Fsp3) is 0.258. The lowest BCUT2D eigenvalue weighted by molar-refractivity contribution is -0.146. The Balaban J connectivity index is 0.00000441. The number of aliphatic carboxylic acids is 1. The van der Waals surface area contributed by atoms with Crippen LogP contribution in [0.5, 0.6) is 0 Å². The number of rotatable bonds is 9. The topological polar surface area (TPSA) is 119 Å². The highest BCUT2D eigenvalue weighted by Gasteiger charge is 2.19. The fourth-order valence-corrected chi connectivity index (χ4v) is 4.51. The van der Waals surface area contributed by atoms with Gasteiger partial charge in [0, 0.05) is 22.0 Å². The second-order valence-corrected chi connectivity index (χ2v) is 9.75. The van der Waals surface area contributed by atoms with Gasteiger partial charge in [0.15, 0.2) is 6.10 Å². The number of anilines is 2. The summed E-state index contributed by atoms with van der Waals surface area (Å²) in [6.07, 6.45) is 5.12. The maximum atomic E-state index is 13.4. The van der Waals surface area contributed by atoms with E-state index in [1.165, 1.54) is 18.4 Å². The molecule has 210 valence electrons. The summed E-state index contributed by atoms with van der Waals surface area (Å²) in [6.45, 7) is -0.172. The summed E-state index contributed by atoms with van der Waals surface area (Å²) in [5, 5.41) is 23.9.